The highest BCUT2D eigenvalue weighted by Crippen LogP contribution is 2.32. The lowest BCUT2D eigenvalue weighted by Gasteiger charge is -2.20. The van der Waals surface area contributed by atoms with Gasteiger partial charge < -0.3 is 10.1 Å². The van der Waals surface area contributed by atoms with Crippen LogP contribution in [-0.4, -0.2) is 27.5 Å². The highest BCUT2D eigenvalue weighted by molar-refractivity contribution is 7.89. The predicted molar refractivity (Wildman–Crippen MR) is 70.7 cm³/mol. The van der Waals surface area contributed by atoms with E-state index in [-0.39, 0.29) is 24.0 Å². The number of carbonyl (C=O) groups is 1. The van der Waals surface area contributed by atoms with Crippen molar-refractivity contribution >= 4 is 21.6 Å². The van der Waals surface area contributed by atoms with Crippen LogP contribution in [0.2, 0.25) is 0 Å². The molecule has 0 saturated heterocycles. The van der Waals surface area contributed by atoms with E-state index >= 15 is 0 Å². The molecule has 1 aromatic carbocycles. The Kier molecular flexibility index (Phi) is 3.59. The summed E-state index contributed by atoms with van der Waals surface area (Å²) < 4.78 is 31.7. The Balaban J connectivity index is 2.43. The van der Waals surface area contributed by atoms with Gasteiger partial charge in [-0.15, -0.1) is 6.58 Å². The van der Waals surface area contributed by atoms with Gasteiger partial charge in [0.25, 0.3) is 5.91 Å². The van der Waals surface area contributed by atoms with Crippen molar-refractivity contribution in [2.24, 2.45) is 0 Å². The van der Waals surface area contributed by atoms with Gasteiger partial charge >= 0.3 is 0 Å². The van der Waals surface area contributed by atoms with E-state index in [1.807, 2.05) is 0 Å². The molecule has 0 saturated carbocycles. The topological polar surface area (TPSA) is 84.5 Å². The van der Waals surface area contributed by atoms with Crippen molar-refractivity contribution in [2.75, 3.05) is 18.5 Å². The first kappa shape index (κ1) is 13.6. The van der Waals surface area contributed by atoms with Crippen LogP contribution in [0.3, 0.4) is 0 Å². The third-order valence-corrected chi connectivity index (χ3v) is 4.18. The lowest BCUT2D eigenvalue weighted by Crippen LogP contribution is -2.27. The standard InChI is InChI=1S/C12H14N2O4S/c1-3-4-13-19(16,17)11-6-10-9(5-8(11)2)14-12(15)7-18-10/h3,5-6,13H,1,4,7H2,2H3,(H,14,15). The molecule has 2 rings (SSSR count). The first-order chi connectivity index (χ1) is 8.94. The number of ether oxygens (including phenoxy) is 1. The lowest BCUT2D eigenvalue weighted by atomic mass is 10.2. The van der Waals surface area contributed by atoms with Crippen molar-refractivity contribution in [3.05, 3.63) is 30.4 Å². The van der Waals surface area contributed by atoms with E-state index in [0.717, 1.165) is 0 Å². The number of hydrogen-bond donors (Lipinski definition) is 2. The number of benzene rings is 1. The molecular weight excluding hydrogens is 268 g/mol. The summed E-state index contributed by atoms with van der Waals surface area (Å²) in [6.07, 6.45) is 1.46. The summed E-state index contributed by atoms with van der Waals surface area (Å²) in [7, 11) is -3.61. The number of amides is 1. The summed E-state index contributed by atoms with van der Waals surface area (Å²) in [6, 6.07) is 2.99. The van der Waals surface area contributed by atoms with Crippen molar-refractivity contribution in [1.29, 1.82) is 0 Å². The fourth-order valence-electron chi connectivity index (χ4n) is 1.75. The average molecular weight is 282 g/mol. The van der Waals surface area contributed by atoms with Gasteiger partial charge in [-0.3, -0.25) is 4.79 Å². The number of nitrogens with one attached hydrogen (secondary N) is 2. The maximum Gasteiger partial charge on any atom is 0.262 e. The average Bonchev–Trinajstić information content (AvgIpc) is 2.35. The number of rotatable bonds is 4. The molecule has 1 heterocycles. The van der Waals surface area contributed by atoms with Crippen LogP contribution >= 0.6 is 0 Å². The van der Waals surface area contributed by atoms with Crippen LogP contribution in [0, 0.1) is 6.92 Å². The van der Waals surface area contributed by atoms with E-state index in [0.29, 0.717) is 17.0 Å². The third kappa shape index (κ3) is 2.77. The molecule has 0 aliphatic carbocycles. The van der Waals surface area contributed by atoms with Crippen LogP contribution in [0.15, 0.2) is 29.7 Å². The van der Waals surface area contributed by atoms with E-state index in [9.17, 15) is 13.2 Å². The van der Waals surface area contributed by atoms with Crippen molar-refractivity contribution in [1.82, 2.24) is 4.72 Å². The highest BCUT2D eigenvalue weighted by atomic mass is 32.2. The summed E-state index contributed by atoms with van der Waals surface area (Å²) in [5, 5.41) is 2.63. The van der Waals surface area contributed by atoms with Crippen LogP contribution in [0.25, 0.3) is 0 Å². The molecule has 0 aromatic heterocycles. The summed E-state index contributed by atoms with van der Waals surface area (Å²) in [5.41, 5.74) is 1.01. The summed E-state index contributed by atoms with van der Waals surface area (Å²) >= 11 is 0. The first-order valence-electron chi connectivity index (χ1n) is 5.62. The molecule has 0 atom stereocenters. The molecule has 7 heteroatoms. The molecule has 1 aliphatic heterocycles. The molecule has 6 nitrogen and oxygen atoms in total. The molecule has 2 N–H and O–H groups in total. The molecule has 1 aliphatic rings. The first-order valence-corrected chi connectivity index (χ1v) is 7.10. The zero-order chi connectivity index (χ0) is 14.0. The summed E-state index contributed by atoms with van der Waals surface area (Å²) in [5.74, 6) is 0.0940. The normalized spacial score (nSPS) is 14.3. The monoisotopic (exact) mass is 282 g/mol. The van der Waals surface area contributed by atoms with E-state index in [1.165, 1.54) is 12.1 Å². The second-order valence-electron chi connectivity index (χ2n) is 4.09. The molecule has 1 aromatic rings. The fourth-order valence-corrected chi connectivity index (χ4v) is 2.99. The number of carbonyl (C=O) groups excluding carboxylic acids is 1. The maximum atomic E-state index is 12.1. The molecule has 102 valence electrons. The summed E-state index contributed by atoms with van der Waals surface area (Å²) in [6.45, 7) is 5.15. The minimum atomic E-state index is -3.61. The van der Waals surface area contributed by atoms with Gasteiger partial charge in [-0.2, -0.15) is 0 Å². The number of sulfonamides is 1. The third-order valence-electron chi connectivity index (χ3n) is 2.62. The second-order valence-corrected chi connectivity index (χ2v) is 5.83. The van der Waals surface area contributed by atoms with Crippen LogP contribution in [-0.2, 0) is 14.8 Å². The molecular formula is C12H14N2O4S. The number of fused-ring (bicyclic) bond motifs is 1. The van der Waals surface area contributed by atoms with Gasteiger partial charge in [0.15, 0.2) is 6.61 Å². The Morgan fingerprint density at radius 1 is 1.53 bits per heavy atom. The van der Waals surface area contributed by atoms with Crippen LogP contribution in [0.5, 0.6) is 5.75 Å². The van der Waals surface area contributed by atoms with Gasteiger partial charge in [-0.05, 0) is 18.6 Å². The number of anilines is 1. The second kappa shape index (κ2) is 5.02. The van der Waals surface area contributed by atoms with Gasteiger partial charge in [0.2, 0.25) is 10.0 Å². The smallest absolute Gasteiger partial charge is 0.262 e. The molecule has 19 heavy (non-hydrogen) atoms. The van der Waals surface area contributed by atoms with E-state index in [2.05, 4.69) is 16.6 Å². The van der Waals surface area contributed by atoms with Crippen LogP contribution < -0.4 is 14.8 Å². The van der Waals surface area contributed by atoms with Crippen molar-refractivity contribution in [3.63, 3.8) is 0 Å². The summed E-state index contributed by atoms with van der Waals surface area (Å²) in [4.78, 5) is 11.3. The Labute approximate surface area is 111 Å². The predicted octanol–water partition coefficient (Wildman–Crippen LogP) is 0.790. The van der Waals surface area contributed by atoms with Gasteiger partial charge in [-0.1, -0.05) is 6.08 Å². The van der Waals surface area contributed by atoms with E-state index < -0.39 is 10.0 Å². The van der Waals surface area contributed by atoms with E-state index in [4.69, 9.17) is 4.74 Å². The Morgan fingerprint density at radius 3 is 2.95 bits per heavy atom. The SMILES string of the molecule is C=CCNS(=O)(=O)c1cc2c(cc1C)NC(=O)CO2. The molecule has 0 radical (unpaired) electrons. The van der Waals surface area contributed by atoms with Crippen molar-refractivity contribution in [2.45, 2.75) is 11.8 Å². The Hall–Kier alpha value is -1.86. The van der Waals surface area contributed by atoms with Crippen LogP contribution in [0.4, 0.5) is 5.69 Å². The Bertz CT molecular complexity index is 637. The molecule has 0 bridgehead atoms. The van der Waals surface area contributed by atoms with Gasteiger partial charge in [0.1, 0.15) is 5.75 Å². The number of aryl methyl sites for hydroxylation is 1. The minimum absolute atomic E-state index is 0.115. The largest absolute Gasteiger partial charge is 0.482 e. The zero-order valence-electron chi connectivity index (χ0n) is 10.4. The van der Waals surface area contributed by atoms with Gasteiger partial charge in [-0.25, -0.2) is 13.1 Å². The Morgan fingerprint density at radius 2 is 2.26 bits per heavy atom. The van der Waals surface area contributed by atoms with Gasteiger partial charge in [0.05, 0.1) is 10.6 Å². The molecule has 0 fully saturated rings. The van der Waals surface area contributed by atoms with Crippen molar-refractivity contribution < 1.29 is 17.9 Å². The quantitative estimate of drug-likeness (QED) is 0.800. The minimum Gasteiger partial charge on any atom is -0.482 e. The molecule has 0 unspecified atom stereocenters. The number of hydrogen-bond acceptors (Lipinski definition) is 4. The maximum absolute atomic E-state index is 12.1. The van der Waals surface area contributed by atoms with Gasteiger partial charge in [0, 0.05) is 12.6 Å². The molecule has 1 amide bonds. The lowest BCUT2D eigenvalue weighted by molar-refractivity contribution is -0.118. The molecule has 0 spiro atoms. The van der Waals surface area contributed by atoms with Crippen molar-refractivity contribution in [3.8, 4) is 5.75 Å². The van der Waals surface area contributed by atoms with Crippen LogP contribution in [0.1, 0.15) is 5.56 Å². The highest BCUT2D eigenvalue weighted by Gasteiger charge is 2.22. The zero-order valence-corrected chi connectivity index (χ0v) is 11.2. The fraction of sp³-hybridized carbons (Fsp3) is 0.250. The van der Waals surface area contributed by atoms with E-state index in [1.54, 1.807) is 13.0 Å².